The van der Waals surface area contributed by atoms with Gasteiger partial charge in [0.05, 0.1) is 5.69 Å². The lowest BCUT2D eigenvalue weighted by Crippen LogP contribution is -2.25. The number of anilines is 1. The summed E-state index contributed by atoms with van der Waals surface area (Å²) in [6.07, 6.45) is 3.27. The highest BCUT2D eigenvalue weighted by atomic mass is 16.5. The Balaban J connectivity index is 1.45. The van der Waals surface area contributed by atoms with Gasteiger partial charge in [0, 0.05) is 36.8 Å². The second-order valence-corrected chi connectivity index (χ2v) is 7.67. The molecule has 2 fully saturated rings. The quantitative estimate of drug-likeness (QED) is 0.857. The lowest BCUT2D eigenvalue weighted by atomic mass is 9.90. The van der Waals surface area contributed by atoms with Crippen molar-refractivity contribution in [2.24, 2.45) is 11.8 Å². The predicted molar refractivity (Wildman–Crippen MR) is 95.5 cm³/mol. The maximum Gasteiger partial charge on any atom is 0.163 e. The van der Waals surface area contributed by atoms with Gasteiger partial charge in [0.25, 0.3) is 0 Å². The second kappa shape index (κ2) is 5.92. The summed E-state index contributed by atoms with van der Waals surface area (Å²) in [6.45, 7) is 10.4. The van der Waals surface area contributed by atoms with E-state index in [-0.39, 0.29) is 11.9 Å². The SMILES string of the molecule is C=C1Nc2cc(C(=O)C[C@H]3CN(C4CC4)C[C@@H]3C)ccc2OC1C. The third-order valence-corrected chi connectivity index (χ3v) is 5.70. The van der Waals surface area contributed by atoms with Crippen molar-refractivity contribution >= 4 is 11.5 Å². The Morgan fingerprint density at radius 3 is 2.88 bits per heavy atom. The van der Waals surface area contributed by atoms with Gasteiger partial charge in [0.15, 0.2) is 5.78 Å². The van der Waals surface area contributed by atoms with Gasteiger partial charge in [-0.15, -0.1) is 0 Å². The van der Waals surface area contributed by atoms with Crippen LogP contribution in [0.15, 0.2) is 30.5 Å². The van der Waals surface area contributed by atoms with E-state index in [0.717, 1.165) is 41.8 Å². The number of ether oxygens (including phenoxy) is 1. The van der Waals surface area contributed by atoms with Crippen LogP contribution >= 0.6 is 0 Å². The molecule has 1 saturated heterocycles. The van der Waals surface area contributed by atoms with Gasteiger partial charge in [-0.2, -0.15) is 0 Å². The molecule has 128 valence electrons. The molecule has 0 radical (unpaired) electrons. The molecule has 1 unspecified atom stereocenters. The first-order valence-corrected chi connectivity index (χ1v) is 9.05. The summed E-state index contributed by atoms with van der Waals surface area (Å²) in [5.74, 6) is 2.11. The number of rotatable bonds is 4. The molecule has 3 aliphatic rings. The van der Waals surface area contributed by atoms with Crippen molar-refractivity contribution in [3.63, 3.8) is 0 Å². The van der Waals surface area contributed by atoms with Crippen LogP contribution in [0.3, 0.4) is 0 Å². The van der Waals surface area contributed by atoms with Gasteiger partial charge in [-0.05, 0) is 49.8 Å². The van der Waals surface area contributed by atoms with Gasteiger partial charge >= 0.3 is 0 Å². The summed E-state index contributed by atoms with van der Waals surface area (Å²) in [6, 6.07) is 6.49. The Morgan fingerprint density at radius 1 is 1.33 bits per heavy atom. The van der Waals surface area contributed by atoms with Crippen LogP contribution in [0.1, 0.15) is 43.5 Å². The highest BCUT2D eigenvalue weighted by Gasteiger charge is 2.38. The van der Waals surface area contributed by atoms with Gasteiger partial charge in [0.2, 0.25) is 0 Å². The zero-order valence-electron chi connectivity index (χ0n) is 14.5. The summed E-state index contributed by atoms with van der Waals surface area (Å²) in [4.78, 5) is 15.3. The number of fused-ring (bicyclic) bond motifs is 1. The molecule has 2 heterocycles. The van der Waals surface area contributed by atoms with Gasteiger partial charge < -0.3 is 10.1 Å². The van der Waals surface area contributed by atoms with E-state index in [1.54, 1.807) is 0 Å². The minimum atomic E-state index is -0.0493. The Labute approximate surface area is 143 Å². The van der Waals surface area contributed by atoms with Gasteiger partial charge in [-0.25, -0.2) is 0 Å². The third kappa shape index (κ3) is 2.95. The standard InChI is InChI=1S/C20H26N2O2/c1-12-10-22(17-5-6-17)11-16(12)9-19(23)15-4-7-20-18(8-15)21-13(2)14(3)24-20/h4,7-8,12,14,16-17,21H,2,5-6,9-11H2,1,3H3/t12-,14?,16-/m0/s1. The molecule has 4 heteroatoms. The normalized spacial score (nSPS) is 29.8. The number of nitrogens with zero attached hydrogens (tertiary/aromatic N) is 1. The number of benzene rings is 1. The van der Waals surface area contributed by atoms with E-state index >= 15 is 0 Å². The average molecular weight is 326 g/mol. The Bertz CT molecular complexity index is 680. The number of ketones is 1. The molecule has 4 nitrogen and oxygen atoms in total. The van der Waals surface area contributed by atoms with Crippen LogP contribution in [-0.4, -0.2) is 35.9 Å². The van der Waals surface area contributed by atoms with Crippen molar-refractivity contribution in [2.75, 3.05) is 18.4 Å². The molecule has 1 aromatic carbocycles. The Hall–Kier alpha value is -1.81. The molecule has 3 atom stereocenters. The van der Waals surface area contributed by atoms with Crippen molar-refractivity contribution in [3.05, 3.63) is 36.0 Å². The highest BCUT2D eigenvalue weighted by Crippen LogP contribution is 2.37. The molecule has 1 aromatic rings. The van der Waals surface area contributed by atoms with Crippen LogP contribution < -0.4 is 10.1 Å². The van der Waals surface area contributed by atoms with Crippen molar-refractivity contribution in [3.8, 4) is 5.75 Å². The number of likely N-dealkylation sites (tertiary alicyclic amines) is 1. The van der Waals surface area contributed by atoms with Crippen molar-refractivity contribution in [2.45, 2.75) is 45.3 Å². The van der Waals surface area contributed by atoms with E-state index in [4.69, 9.17) is 4.74 Å². The first-order valence-electron chi connectivity index (χ1n) is 9.05. The molecule has 24 heavy (non-hydrogen) atoms. The first-order chi connectivity index (χ1) is 11.5. The van der Waals surface area contributed by atoms with E-state index in [1.165, 1.54) is 12.8 Å². The van der Waals surface area contributed by atoms with Crippen LogP contribution in [0.4, 0.5) is 5.69 Å². The molecule has 0 bridgehead atoms. The lowest BCUT2D eigenvalue weighted by Gasteiger charge is -2.27. The highest BCUT2D eigenvalue weighted by molar-refractivity contribution is 5.97. The van der Waals surface area contributed by atoms with E-state index in [2.05, 4.69) is 23.7 Å². The molecule has 1 N–H and O–H groups in total. The first kappa shape index (κ1) is 15.7. The lowest BCUT2D eigenvalue weighted by molar-refractivity contribution is 0.0954. The van der Waals surface area contributed by atoms with E-state index < -0.39 is 0 Å². The molecule has 1 saturated carbocycles. The third-order valence-electron chi connectivity index (χ3n) is 5.70. The number of carbonyl (C=O) groups is 1. The van der Waals surface area contributed by atoms with Crippen LogP contribution in [-0.2, 0) is 0 Å². The summed E-state index contributed by atoms with van der Waals surface area (Å²) in [7, 11) is 0. The minimum absolute atomic E-state index is 0.0493. The van der Waals surface area contributed by atoms with Crippen molar-refractivity contribution in [1.82, 2.24) is 4.90 Å². The smallest absolute Gasteiger partial charge is 0.163 e. The summed E-state index contributed by atoms with van der Waals surface area (Å²) in [5.41, 5.74) is 2.45. The fraction of sp³-hybridized carbons (Fsp3) is 0.550. The topological polar surface area (TPSA) is 41.6 Å². The number of Topliss-reactive ketones (excluding diaryl/α,β-unsaturated/α-hetero) is 1. The molecular formula is C20H26N2O2. The van der Waals surface area contributed by atoms with Crippen molar-refractivity contribution in [1.29, 1.82) is 0 Å². The second-order valence-electron chi connectivity index (χ2n) is 7.67. The molecule has 1 aliphatic carbocycles. The van der Waals surface area contributed by atoms with E-state index in [1.807, 2.05) is 25.1 Å². The van der Waals surface area contributed by atoms with Crippen LogP contribution in [0.5, 0.6) is 5.75 Å². The van der Waals surface area contributed by atoms with Crippen LogP contribution in [0.2, 0.25) is 0 Å². The number of carbonyl (C=O) groups excluding carboxylic acids is 1. The Kier molecular flexibility index (Phi) is 3.87. The molecule has 0 aromatic heterocycles. The van der Waals surface area contributed by atoms with Crippen LogP contribution in [0, 0.1) is 11.8 Å². The molecule has 4 rings (SSSR count). The van der Waals surface area contributed by atoms with Crippen LogP contribution in [0.25, 0.3) is 0 Å². The monoisotopic (exact) mass is 326 g/mol. The largest absolute Gasteiger partial charge is 0.482 e. The maximum absolute atomic E-state index is 12.8. The molecule has 2 aliphatic heterocycles. The number of hydrogen-bond donors (Lipinski definition) is 1. The molecular weight excluding hydrogens is 300 g/mol. The maximum atomic E-state index is 12.8. The number of nitrogens with one attached hydrogen (secondary N) is 1. The fourth-order valence-electron chi connectivity index (χ4n) is 3.87. The van der Waals surface area contributed by atoms with E-state index in [0.29, 0.717) is 18.3 Å². The predicted octanol–water partition coefficient (Wildman–Crippen LogP) is 3.70. The summed E-state index contributed by atoms with van der Waals surface area (Å²) < 4.78 is 5.80. The zero-order valence-corrected chi connectivity index (χ0v) is 14.5. The van der Waals surface area contributed by atoms with Gasteiger partial charge in [-0.3, -0.25) is 9.69 Å². The van der Waals surface area contributed by atoms with Gasteiger partial charge in [-0.1, -0.05) is 13.5 Å². The Morgan fingerprint density at radius 2 is 2.12 bits per heavy atom. The molecule has 0 amide bonds. The van der Waals surface area contributed by atoms with Crippen molar-refractivity contribution < 1.29 is 9.53 Å². The zero-order chi connectivity index (χ0) is 16.8. The van der Waals surface area contributed by atoms with Gasteiger partial charge in [0.1, 0.15) is 11.9 Å². The summed E-state index contributed by atoms with van der Waals surface area (Å²) in [5, 5.41) is 3.26. The fourth-order valence-corrected chi connectivity index (χ4v) is 3.87. The van der Waals surface area contributed by atoms with E-state index in [9.17, 15) is 4.79 Å². The average Bonchev–Trinajstić information content (AvgIpc) is 3.33. The minimum Gasteiger partial charge on any atom is -0.482 e. The number of hydrogen-bond acceptors (Lipinski definition) is 4. The molecule has 0 spiro atoms. The summed E-state index contributed by atoms with van der Waals surface area (Å²) >= 11 is 0.